The first-order chi connectivity index (χ1) is 33.4. The van der Waals surface area contributed by atoms with Crippen molar-refractivity contribution in [1.29, 1.82) is 0 Å². The molecule has 71 heavy (non-hydrogen) atoms. The molecule has 0 saturated heterocycles. The number of nitrogens with one attached hydrogen (secondary N) is 3. The molecule has 0 radical (unpaired) electrons. The van der Waals surface area contributed by atoms with Crippen molar-refractivity contribution in [2.24, 2.45) is 31.2 Å². The Morgan fingerprint density at radius 1 is 0.563 bits per heavy atom. The van der Waals surface area contributed by atoms with Gasteiger partial charge in [-0.2, -0.15) is 43.6 Å². The topological polar surface area (TPSA) is 430 Å². The Labute approximate surface area is 401 Å². The van der Waals surface area contributed by atoms with Gasteiger partial charge in [-0.1, -0.05) is 0 Å². The minimum atomic E-state index is -5.15. The van der Waals surface area contributed by atoms with E-state index >= 15 is 0 Å². The Bertz CT molecular complexity index is 3650. The lowest BCUT2D eigenvalue weighted by molar-refractivity contribution is 0.412. The summed E-state index contributed by atoms with van der Waals surface area (Å²) < 4.78 is 149. The fraction of sp³-hybridized carbons (Fsp3) is 0.125. The maximum Gasteiger partial charge on any atom is 0.296 e. The molecule has 1 heterocycles. The normalized spacial score (nSPS) is 12.5. The molecule has 0 aliphatic heterocycles. The van der Waals surface area contributed by atoms with Crippen LogP contribution in [0.25, 0.3) is 21.5 Å². The van der Waals surface area contributed by atoms with Crippen molar-refractivity contribution in [2.75, 3.05) is 37.9 Å². The molecule has 0 spiro atoms. The number of hydrogen-bond donors (Lipinski definition) is 10. The van der Waals surface area contributed by atoms with Gasteiger partial charge in [0, 0.05) is 40.8 Å². The van der Waals surface area contributed by atoms with E-state index in [0.29, 0.717) is 6.42 Å². The number of ether oxygens (including phenoxy) is 2. The Hall–Kier alpha value is -7.75. The van der Waals surface area contributed by atoms with Crippen LogP contribution < -0.4 is 31.5 Å². The van der Waals surface area contributed by atoms with E-state index in [9.17, 15) is 62.1 Å². The number of hydrogen-bond acceptors (Lipinski definition) is 22. The largest absolute Gasteiger partial charge is 0.505 e. The van der Waals surface area contributed by atoms with Gasteiger partial charge in [0.2, 0.25) is 11.9 Å². The molecular weight excluding hydrogens is 1020 g/mol. The quantitative estimate of drug-likeness (QED) is 0.0280. The molecule has 7 aromatic rings. The smallest absolute Gasteiger partial charge is 0.296 e. The molecule has 1 aromatic heterocycles. The van der Waals surface area contributed by atoms with Crippen LogP contribution in [0.2, 0.25) is 0 Å². The van der Waals surface area contributed by atoms with Gasteiger partial charge in [-0.3, -0.25) is 23.2 Å². The molecule has 372 valence electrons. The van der Waals surface area contributed by atoms with Gasteiger partial charge in [0.25, 0.3) is 46.1 Å². The molecule has 11 N–H and O–H groups in total. The van der Waals surface area contributed by atoms with E-state index in [-0.39, 0.29) is 75.0 Å². The number of nitrogens with two attached hydrogens (primary N) is 1. The second-order valence-corrected chi connectivity index (χ2v) is 20.2. The molecule has 31 heteroatoms. The highest BCUT2D eigenvalue weighted by molar-refractivity contribution is 7.86. The maximum atomic E-state index is 12.6. The summed E-state index contributed by atoms with van der Waals surface area (Å²) in [5, 5.41) is 43.4. The number of phenolic OH excluding ortho intramolecular Hbond substituents is 2. The second kappa shape index (κ2) is 19.9. The summed E-state index contributed by atoms with van der Waals surface area (Å²) in [6.07, 6.45) is 0.453. The summed E-state index contributed by atoms with van der Waals surface area (Å²) in [4.78, 5) is 12.6. The third-order valence-electron chi connectivity index (χ3n) is 9.86. The van der Waals surface area contributed by atoms with Crippen molar-refractivity contribution < 1.29 is 71.6 Å². The van der Waals surface area contributed by atoms with E-state index in [1.54, 1.807) is 0 Å². The lowest BCUT2D eigenvalue weighted by atomic mass is 10.1. The fourth-order valence-corrected chi connectivity index (χ4v) is 9.19. The van der Waals surface area contributed by atoms with Gasteiger partial charge in [-0.15, -0.1) is 20.5 Å². The second-order valence-electron chi connectivity index (χ2n) is 14.6. The Morgan fingerprint density at radius 2 is 0.972 bits per heavy atom. The third-order valence-corrected chi connectivity index (χ3v) is 13.4. The van der Waals surface area contributed by atoms with E-state index in [4.69, 9.17) is 15.2 Å². The maximum absolute atomic E-state index is 12.6. The van der Waals surface area contributed by atoms with Crippen LogP contribution in [0, 0.1) is 0 Å². The average Bonchev–Trinajstić information content (AvgIpc) is 3.29. The molecular formula is C40H37N11O16S4. The van der Waals surface area contributed by atoms with Crippen molar-refractivity contribution >= 4 is 108 Å². The number of aromatic hydroxyl groups is 2. The summed E-state index contributed by atoms with van der Waals surface area (Å²) in [5.74, 6) is -1.57. The Balaban J connectivity index is 1.24. The summed E-state index contributed by atoms with van der Waals surface area (Å²) in [7, 11) is -17.6. The average molecular weight is 1060 g/mol. The Kier molecular flexibility index (Phi) is 14.3. The Morgan fingerprint density at radius 3 is 1.34 bits per heavy atom. The molecule has 27 nitrogen and oxygen atoms in total. The molecule has 0 unspecified atom stereocenters. The molecule has 0 amide bonds. The highest BCUT2D eigenvalue weighted by atomic mass is 32.2. The third kappa shape index (κ3) is 11.7. The molecule has 0 atom stereocenters. The number of benzene rings is 6. The lowest BCUT2D eigenvalue weighted by Gasteiger charge is -2.13. The van der Waals surface area contributed by atoms with E-state index in [2.05, 4.69) is 51.0 Å². The number of aromatic amines is 1. The van der Waals surface area contributed by atoms with Gasteiger partial charge in [0.05, 0.1) is 14.2 Å². The van der Waals surface area contributed by atoms with Crippen molar-refractivity contribution in [2.45, 2.75) is 26.0 Å². The zero-order valence-corrected chi connectivity index (χ0v) is 39.6. The standard InChI is InChI=1S/C40H37N11O16S4/c1-66-24-6-10-28(30(18-24)68(54,55)56)48-50-34-32(70(60,61)62)16-20-14-22(4-8-26(20)36(34)52)43-39-45-38(42-13-3-12-41)46-40(47-39)44-23-5-9-27-21(15-23)17-33(71(63,64)65)35(37(27)53)51-49-29-11-7-25(67-2)19-31(29)69(57,58)59/h4-11,14-19,52-53H,3,12-13,41H2,1-2H3,(H,54,55,56)(H,57,58,59)(H,60,61,62)(H,63,64,65)(H3,42,43,44,45,46,47). The number of aromatic nitrogens is 3. The zero-order chi connectivity index (χ0) is 51.6. The minimum absolute atomic E-state index is 0.00802. The molecule has 7 rings (SSSR count). The van der Waals surface area contributed by atoms with Gasteiger partial charge in [0.15, 0.2) is 11.5 Å². The summed E-state index contributed by atoms with van der Waals surface area (Å²) >= 11 is 0. The highest BCUT2D eigenvalue weighted by Gasteiger charge is 2.26. The van der Waals surface area contributed by atoms with Crippen LogP contribution in [-0.2, 0) is 40.5 Å². The van der Waals surface area contributed by atoms with E-state index in [1.807, 2.05) is 0 Å². The molecule has 0 aliphatic rings. The van der Waals surface area contributed by atoms with Gasteiger partial charge in [-0.25, -0.2) is 4.99 Å². The van der Waals surface area contributed by atoms with Gasteiger partial charge in [-0.05, 0) is 96.5 Å². The van der Waals surface area contributed by atoms with Crippen molar-refractivity contribution in [3.05, 3.63) is 90.5 Å². The number of azo groups is 2. The summed E-state index contributed by atoms with van der Waals surface area (Å²) in [5.41, 5.74) is 3.52. The zero-order valence-electron chi connectivity index (χ0n) is 36.3. The van der Waals surface area contributed by atoms with Gasteiger partial charge < -0.3 is 36.1 Å². The number of fused-ring (bicyclic) bond motifs is 2. The van der Waals surface area contributed by atoms with E-state index in [1.165, 1.54) is 62.8 Å². The van der Waals surface area contributed by atoms with Crippen LogP contribution >= 0.6 is 0 Å². The molecule has 0 saturated carbocycles. The van der Waals surface area contributed by atoms with Gasteiger partial charge in [0.1, 0.15) is 53.8 Å². The predicted molar refractivity (Wildman–Crippen MR) is 252 cm³/mol. The molecule has 0 fully saturated rings. The van der Waals surface area contributed by atoms with Crippen molar-refractivity contribution in [3.63, 3.8) is 0 Å². The number of anilines is 4. The SMILES string of the molecule is COc1ccc(N=Nc2c(S(=O)(=O)O)cc3cc(Nc4nc(=NCCCN)nc(Nc5ccc6c(O)c(N=Nc7ccc(OC)cc7S(=O)(=O)O)c(S(=O)(=O)O)cc6c5)[nH]4)ccc3c2O)c(S(=O)(=O)O)c1. The number of methoxy groups -OCH3 is 2. The van der Waals surface area contributed by atoms with Crippen LogP contribution in [0.1, 0.15) is 6.42 Å². The van der Waals surface area contributed by atoms with Crippen LogP contribution in [0.15, 0.2) is 130 Å². The van der Waals surface area contributed by atoms with Crippen LogP contribution in [0.4, 0.5) is 46.0 Å². The molecule has 0 bridgehead atoms. The first-order valence-corrected chi connectivity index (χ1v) is 25.6. The minimum Gasteiger partial charge on any atom is -0.505 e. The lowest BCUT2D eigenvalue weighted by Crippen LogP contribution is -2.19. The summed E-state index contributed by atoms with van der Waals surface area (Å²) in [6.45, 7) is 0.487. The number of H-pyrrole nitrogens is 1. The monoisotopic (exact) mass is 1060 g/mol. The molecule has 0 aliphatic carbocycles. The highest BCUT2D eigenvalue weighted by Crippen LogP contribution is 2.44. The van der Waals surface area contributed by atoms with Gasteiger partial charge >= 0.3 is 0 Å². The van der Waals surface area contributed by atoms with E-state index < -0.39 is 94.3 Å². The van der Waals surface area contributed by atoms with Crippen molar-refractivity contribution in [3.8, 4) is 23.0 Å². The first-order valence-electron chi connectivity index (χ1n) is 19.8. The number of phenols is 2. The van der Waals surface area contributed by atoms with Crippen molar-refractivity contribution in [1.82, 2.24) is 15.0 Å². The van der Waals surface area contributed by atoms with Crippen LogP contribution in [-0.4, -0.2) is 104 Å². The van der Waals surface area contributed by atoms with Crippen LogP contribution in [0.3, 0.4) is 0 Å². The molecule has 6 aromatic carbocycles. The fourth-order valence-electron chi connectivity index (χ4n) is 6.60. The van der Waals surface area contributed by atoms with Crippen LogP contribution in [0.5, 0.6) is 23.0 Å². The summed E-state index contributed by atoms with van der Waals surface area (Å²) in [6, 6.07) is 16.8. The van der Waals surface area contributed by atoms with E-state index in [0.717, 1.165) is 36.4 Å². The number of nitrogens with zero attached hydrogens (tertiary/aromatic N) is 7. The first kappa shape index (κ1) is 51.1. The predicted octanol–water partition coefficient (Wildman–Crippen LogP) is 6.09. The number of rotatable bonds is 17.